The number of amides is 1. The minimum atomic E-state index is 0.115. The SMILES string of the molecule is CN1C(=O)CCCC12CCCN(Cc1ccsc1)C2. The van der Waals surface area contributed by atoms with E-state index in [0.717, 1.165) is 25.9 Å². The van der Waals surface area contributed by atoms with Crippen LogP contribution < -0.4 is 0 Å². The molecule has 104 valence electrons. The van der Waals surface area contributed by atoms with Crippen molar-refractivity contribution in [3.8, 4) is 0 Å². The summed E-state index contributed by atoms with van der Waals surface area (Å²) in [6.45, 7) is 3.25. The third-order valence-corrected chi connectivity index (χ3v) is 5.47. The number of hydrogen-bond donors (Lipinski definition) is 0. The number of thiophene rings is 1. The van der Waals surface area contributed by atoms with Crippen LogP contribution >= 0.6 is 11.3 Å². The largest absolute Gasteiger partial charge is 0.339 e. The van der Waals surface area contributed by atoms with Crippen LogP contribution in [0.25, 0.3) is 0 Å². The van der Waals surface area contributed by atoms with Gasteiger partial charge < -0.3 is 4.90 Å². The Bertz CT molecular complexity index is 441. The summed E-state index contributed by atoms with van der Waals surface area (Å²) >= 11 is 1.76. The Kier molecular flexibility index (Phi) is 3.63. The standard InChI is InChI=1S/C15H22N2OS/c1-16-14(18)4-2-6-15(16)7-3-8-17(12-15)10-13-5-9-19-11-13/h5,9,11H,2-4,6-8,10,12H2,1H3. The molecule has 1 atom stereocenters. The molecule has 0 bridgehead atoms. The molecule has 19 heavy (non-hydrogen) atoms. The molecule has 2 aliphatic heterocycles. The highest BCUT2D eigenvalue weighted by molar-refractivity contribution is 7.07. The van der Waals surface area contributed by atoms with E-state index in [1.807, 2.05) is 7.05 Å². The molecule has 1 amide bonds. The van der Waals surface area contributed by atoms with Crippen LogP contribution in [-0.2, 0) is 11.3 Å². The van der Waals surface area contributed by atoms with Gasteiger partial charge in [0.25, 0.3) is 0 Å². The Morgan fingerprint density at radius 1 is 1.37 bits per heavy atom. The second-order valence-corrected chi connectivity index (χ2v) is 6.76. The zero-order valence-electron chi connectivity index (χ0n) is 11.6. The van der Waals surface area contributed by atoms with E-state index in [0.29, 0.717) is 5.91 Å². The van der Waals surface area contributed by atoms with Crippen molar-refractivity contribution in [2.75, 3.05) is 20.1 Å². The van der Waals surface area contributed by atoms with Gasteiger partial charge in [-0.15, -0.1) is 0 Å². The van der Waals surface area contributed by atoms with Crippen LogP contribution in [0.3, 0.4) is 0 Å². The summed E-state index contributed by atoms with van der Waals surface area (Å²) in [6.07, 6.45) is 5.37. The number of piperidine rings is 2. The summed E-state index contributed by atoms with van der Waals surface area (Å²) in [7, 11) is 2.01. The molecule has 3 heterocycles. The Hall–Kier alpha value is -0.870. The van der Waals surface area contributed by atoms with Gasteiger partial charge in [0.1, 0.15) is 0 Å². The van der Waals surface area contributed by atoms with Crippen LogP contribution in [0.1, 0.15) is 37.7 Å². The van der Waals surface area contributed by atoms with Gasteiger partial charge in [-0.05, 0) is 54.6 Å². The Morgan fingerprint density at radius 2 is 2.21 bits per heavy atom. The van der Waals surface area contributed by atoms with Crippen LogP contribution in [-0.4, -0.2) is 41.4 Å². The first-order chi connectivity index (χ1) is 9.20. The Balaban J connectivity index is 1.71. The third-order valence-electron chi connectivity index (χ3n) is 4.74. The van der Waals surface area contributed by atoms with Crippen molar-refractivity contribution < 1.29 is 4.79 Å². The van der Waals surface area contributed by atoms with E-state index in [9.17, 15) is 4.79 Å². The van der Waals surface area contributed by atoms with E-state index in [2.05, 4.69) is 26.6 Å². The number of likely N-dealkylation sites (tertiary alicyclic amines) is 2. The molecule has 0 aromatic carbocycles. The van der Waals surface area contributed by atoms with Crippen LogP contribution in [0, 0.1) is 0 Å². The second-order valence-electron chi connectivity index (χ2n) is 5.98. The average Bonchev–Trinajstić information content (AvgIpc) is 2.89. The molecule has 1 unspecified atom stereocenters. The molecule has 3 nitrogen and oxygen atoms in total. The Morgan fingerprint density at radius 3 is 3.00 bits per heavy atom. The summed E-state index contributed by atoms with van der Waals surface area (Å²) in [5, 5.41) is 4.38. The maximum Gasteiger partial charge on any atom is 0.222 e. The molecule has 1 aromatic heterocycles. The minimum Gasteiger partial charge on any atom is -0.339 e. The zero-order valence-corrected chi connectivity index (χ0v) is 12.4. The molecule has 4 heteroatoms. The summed E-state index contributed by atoms with van der Waals surface area (Å²) in [5.41, 5.74) is 1.52. The van der Waals surface area contributed by atoms with Crippen molar-refractivity contribution in [2.24, 2.45) is 0 Å². The predicted octanol–water partition coefficient (Wildman–Crippen LogP) is 2.73. The van der Waals surface area contributed by atoms with E-state index >= 15 is 0 Å². The van der Waals surface area contributed by atoms with Gasteiger partial charge in [0, 0.05) is 26.6 Å². The minimum absolute atomic E-state index is 0.115. The summed E-state index contributed by atoms with van der Waals surface area (Å²) in [6, 6.07) is 2.21. The molecule has 0 N–H and O–H groups in total. The topological polar surface area (TPSA) is 23.6 Å². The van der Waals surface area contributed by atoms with E-state index in [1.165, 1.54) is 31.4 Å². The van der Waals surface area contributed by atoms with Crippen LogP contribution in [0.5, 0.6) is 0 Å². The molecule has 0 aliphatic carbocycles. The highest BCUT2D eigenvalue weighted by Crippen LogP contribution is 2.36. The first-order valence-corrected chi connectivity index (χ1v) is 8.14. The first-order valence-electron chi connectivity index (χ1n) is 7.20. The first kappa shape index (κ1) is 13.1. The summed E-state index contributed by atoms with van der Waals surface area (Å²) in [5.74, 6) is 0.337. The number of carbonyl (C=O) groups is 1. The number of carbonyl (C=O) groups excluding carboxylic acids is 1. The molecule has 0 radical (unpaired) electrons. The molecular formula is C15H22N2OS. The van der Waals surface area contributed by atoms with E-state index in [1.54, 1.807) is 11.3 Å². The van der Waals surface area contributed by atoms with Crippen molar-refractivity contribution in [3.63, 3.8) is 0 Å². The highest BCUT2D eigenvalue weighted by atomic mass is 32.1. The highest BCUT2D eigenvalue weighted by Gasteiger charge is 2.42. The van der Waals surface area contributed by atoms with Crippen molar-refractivity contribution in [2.45, 2.75) is 44.2 Å². The second kappa shape index (κ2) is 5.25. The lowest BCUT2D eigenvalue weighted by Crippen LogP contribution is -2.60. The lowest BCUT2D eigenvalue weighted by molar-refractivity contribution is -0.142. The van der Waals surface area contributed by atoms with Crippen LogP contribution in [0.15, 0.2) is 16.8 Å². The quantitative estimate of drug-likeness (QED) is 0.830. The van der Waals surface area contributed by atoms with Crippen LogP contribution in [0.2, 0.25) is 0 Å². The predicted molar refractivity (Wildman–Crippen MR) is 78.2 cm³/mol. The van der Waals surface area contributed by atoms with Crippen molar-refractivity contribution in [3.05, 3.63) is 22.4 Å². The normalized spacial score (nSPS) is 29.1. The van der Waals surface area contributed by atoms with Crippen LogP contribution in [0.4, 0.5) is 0 Å². The average molecular weight is 278 g/mol. The molecule has 3 rings (SSSR count). The van der Waals surface area contributed by atoms with Gasteiger partial charge in [-0.1, -0.05) is 0 Å². The molecule has 2 aliphatic rings. The molecule has 1 aromatic rings. The lowest BCUT2D eigenvalue weighted by Gasteiger charge is -2.50. The maximum absolute atomic E-state index is 12.0. The molecular weight excluding hydrogens is 256 g/mol. The fraction of sp³-hybridized carbons (Fsp3) is 0.667. The van der Waals surface area contributed by atoms with Gasteiger partial charge >= 0.3 is 0 Å². The fourth-order valence-electron chi connectivity index (χ4n) is 3.63. The van der Waals surface area contributed by atoms with Gasteiger partial charge in [0.05, 0.1) is 5.54 Å². The maximum atomic E-state index is 12.0. The molecule has 1 spiro atoms. The van der Waals surface area contributed by atoms with E-state index < -0.39 is 0 Å². The number of hydrogen-bond acceptors (Lipinski definition) is 3. The third kappa shape index (κ3) is 2.56. The van der Waals surface area contributed by atoms with Crippen molar-refractivity contribution in [1.82, 2.24) is 9.80 Å². The zero-order chi connectivity index (χ0) is 13.3. The molecule has 2 saturated heterocycles. The number of likely N-dealkylation sites (N-methyl/N-ethyl adjacent to an activating group) is 1. The number of rotatable bonds is 2. The Labute approximate surface area is 119 Å². The summed E-state index contributed by atoms with van der Waals surface area (Å²) < 4.78 is 0. The van der Waals surface area contributed by atoms with Gasteiger partial charge in [0.15, 0.2) is 0 Å². The monoisotopic (exact) mass is 278 g/mol. The van der Waals surface area contributed by atoms with Gasteiger partial charge in [-0.3, -0.25) is 9.69 Å². The van der Waals surface area contributed by atoms with Gasteiger partial charge in [-0.25, -0.2) is 0 Å². The van der Waals surface area contributed by atoms with Crippen molar-refractivity contribution >= 4 is 17.2 Å². The lowest BCUT2D eigenvalue weighted by atomic mass is 9.80. The number of nitrogens with zero attached hydrogens (tertiary/aromatic N) is 2. The van der Waals surface area contributed by atoms with Gasteiger partial charge in [-0.2, -0.15) is 11.3 Å². The molecule has 2 fully saturated rings. The summed E-state index contributed by atoms with van der Waals surface area (Å²) in [4.78, 5) is 16.6. The van der Waals surface area contributed by atoms with Crippen molar-refractivity contribution in [1.29, 1.82) is 0 Å². The van der Waals surface area contributed by atoms with E-state index in [-0.39, 0.29) is 5.54 Å². The molecule has 0 saturated carbocycles. The fourth-order valence-corrected chi connectivity index (χ4v) is 4.29. The van der Waals surface area contributed by atoms with E-state index in [4.69, 9.17) is 0 Å². The van der Waals surface area contributed by atoms with Gasteiger partial charge in [0.2, 0.25) is 5.91 Å². The smallest absolute Gasteiger partial charge is 0.222 e.